The Hall–Kier alpha value is -2.26. The number of hydrogen-bond acceptors (Lipinski definition) is 6. The summed E-state index contributed by atoms with van der Waals surface area (Å²) in [6, 6.07) is 1.44. The SMILES string of the molecule is Cc1occc1C(=O)O[C@]1(C(=O)S)[C@H](C)C[C@H]2[C@@H]3C[C@H](F)C4=CC(=O)C=C[C@]4(C)[C@@]3(F)[C@@H](O)C[C@@]21C. The number of esters is 1. The van der Waals surface area contributed by atoms with Crippen molar-refractivity contribution in [3.63, 3.8) is 0 Å². The van der Waals surface area contributed by atoms with E-state index in [0.29, 0.717) is 5.76 Å². The van der Waals surface area contributed by atoms with Gasteiger partial charge in [-0.3, -0.25) is 9.59 Å². The molecule has 194 valence electrons. The van der Waals surface area contributed by atoms with Crippen LogP contribution in [0.2, 0.25) is 0 Å². The lowest BCUT2D eigenvalue weighted by atomic mass is 9.44. The summed E-state index contributed by atoms with van der Waals surface area (Å²) in [6.07, 6.45) is 1.65. The van der Waals surface area contributed by atoms with Crippen molar-refractivity contribution in [2.75, 3.05) is 0 Å². The molecular formula is C27H30F2O6S. The predicted molar refractivity (Wildman–Crippen MR) is 129 cm³/mol. The molecule has 0 aromatic carbocycles. The molecule has 0 radical (unpaired) electrons. The van der Waals surface area contributed by atoms with Crippen LogP contribution in [0.25, 0.3) is 0 Å². The van der Waals surface area contributed by atoms with Crippen molar-refractivity contribution in [1.82, 2.24) is 0 Å². The van der Waals surface area contributed by atoms with Crippen LogP contribution in [0.5, 0.6) is 0 Å². The monoisotopic (exact) mass is 520 g/mol. The van der Waals surface area contributed by atoms with Gasteiger partial charge in [0, 0.05) is 22.7 Å². The van der Waals surface area contributed by atoms with Crippen LogP contribution < -0.4 is 0 Å². The van der Waals surface area contributed by atoms with Gasteiger partial charge in [-0.05, 0) is 62.8 Å². The van der Waals surface area contributed by atoms with Crippen LogP contribution in [0.4, 0.5) is 8.78 Å². The van der Waals surface area contributed by atoms with Crippen molar-refractivity contribution in [3.05, 3.63) is 47.5 Å². The third kappa shape index (κ3) is 2.90. The lowest BCUT2D eigenvalue weighted by Crippen LogP contribution is -2.70. The highest BCUT2D eigenvalue weighted by molar-refractivity contribution is 7.96. The van der Waals surface area contributed by atoms with E-state index in [0.717, 1.165) is 6.08 Å². The minimum atomic E-state index is -2.29. The Kier molecular flexibility index (Phi) is 5.55. The van der Waals surface area contributed by atoms with Gasteiger partial charge in [0.05, 0.1) is 12.4 Å². The Morgan fingerprint density at radius 1 is 1.25 bits per heavy atom. The standard InChI is InChI=1S/C27H30F2O6S/c1-13-9-17-18-11-20(28)19-10-15(30)5-7-24(19,3)26(18,29)21(31)12-25(17,4)27(13,23(33)36)35-22(32)16-6-8-34-14(16)2/h5-8,10,13,17-18,20-21,31H,9,11-12H2,1-4H3,(H,33,36)/t13-,17+,18+,20+,21+,24+,25+,26+,27+/m1/s1. The summed E-state index contributed by atoms with van der Waals surface area (Å²) in [7, 11) is 0. The van der Waals surface area contributed by atoms with Crippen molar-refractivity contribution in [3.8, 4) is 0 Å². The zero-order valence-electron chi connectivity index (χ0n) is 20.6. The van der Waals surface area contributed by atoms with Gasteiger partial charge in [0.15, 0.2) is 17.1 Å². The average molecular weight is 521 g/mol. The number of thiol groups is 1. The van der Waals surface area contributed by atoms with Gasteiger partial charge in [-0.2, -0.15) is 0 Å². The number of aryl methyl sites for hydroxylation is 1. The van der Waals surface area contributed by atoms with E-state index in [1.54, 1.807) is 20.8 Å². The molecule has 0 saturated heterocycles. The van der Waals surface area contributed by atoms with E-state index in [1.165, 1.54) is 31.4 Å². The highest BCUT2D eigenvalue weighted by Gasteiger charge is 2.78. The van der Waals surface area contributed by atoms with Gasteiger partial charge in [0.25, 0.3) is 0 Å². The van der Waals surface area contributed by atoms with Gasteiger partial charge >= 0.3 is 5.97 Å². The lowest BCUT2D eigenvalue weighted by Gasteiger charge is -2.63. The van der Waals surface area contributed by atoms with Crippen LogP contribution in [-0.4, -0.2) is 45.5 Å². The molecule has 3 fully saturated rings. The maximum atomic E-state index is 17.3. The van der Waals surface area contributed by atoms with Crippen LogP contribution in [0.15, 0.2) is 40.5 Å². The molecule has 1 aromatic rings. The lowest BCUT2D eigenvalue weighted by molar-refractivity contribution is -0.221. The van der Waals surface area contributed by atoms with E-state index >= 15 is 8.78 Å². The van der Waals surface area contributed by atoms with Crippen LogP contribution >= 0.6 is 12.6 Å². The fourth-order valence-electron chi connectivity index (χ4n) is 8.04. The fraction of sp³-hybridized carbons (Fsp3) is 0.593. The number of allylic oxidation sites excluding steroid dienone is 4. The van der Waals surface area contributed by atoms with E-state index in [-0.39, 0.29) is 30.4 Å². The van der Waals surface area contributed by atoms with Crippen molar-refractivity contribution in [1.29, 1.82) is 0 Å². The number of carbonyl (C=O) groups excluding carboxylic acids is 3. The number of fused-ring (bicyclic) bond motifs is 5. The second-order valence-electron chi connectivity index (χ2n) is 11.3. The number of alkyl halides is 2. The minimum absolute atomic E-state index is 0.0286. The molecule has 0 bridgehead atoms. The van der Waals surface area contributed by atoms with E-state index in [9.17, 15) is 19.5 Å². The molecule has 1 heterocycles. The molecule has 0 amide bonds. The Morgan fingerprint density at radius 2 is 1.94 bits per heavy atom. The largest absolute Gasteiger partial charge is 0.469 e. The van der Waals surface area contributed by atoms with E-state index < -0.39 is 69.0 Å². The molecule has 0 aliphatic heterocycles. The molecule has 0 unspecified atom stereocenters. The third-order valence-electron chi connectivity index (χ3n) is 9.82. The molecule has 0 spiro atoms. The summed E-state index contributed by atoms with van der Waals surface area (Å²) in [5.41, 5.74) is -6.63. The molecule has 9 atom stereocenters. The van der Waals surface area contributed by atoms with E-state index in [4.69, 9.17) is 9.15 Å². The van der Waals surface area contributed by atoms with Gasteiger partial charge in [0.1, 0.15) is 17.5 Å². The molecule has 1 aromatic heterocycles. The summed E-state index contributed by atoms with van der Waals surface area (Å²) in [5, 5.41) is 10.8. The summed E-state index contributed by atoms with van der Waals surface area (Å²) in [6.45, 7) is 6.55. The van der Waals surface area contributed by atoms with Crippen LogP contribution in [-0.2, 0) is 14.3 Å². The topological polar surface area (TPSA) is 93.8 Å². The van der Waals surface area contributed by atoms with Gasteiger partial charge in [-0.15, -0.1) is 12.6 Å². The molecule has 4 aliphatic rings. The second kappa shape index (κ2) is 7.87. The van der Waals surface area contributed by atoms with Crippen molar-refractivity contribution in [2.45, 2.75) is 70.5 Å². The zero-order chi connectivity index (χ0) is 26.4. The maximum Gasteiger partial charge on any atom is 0.342 e. The number of ketones is 1. The van der Waals surface area contributed by atoms with Crippen molar-refractivity contribution < 1.29 is 37.4 Å². The molecular weight excluding hydrogens is 490 g/mol. The first kappa shape index (κ1) is 25.4. The first-order valence-electron chi connectivity index (χ1n) is 12.2. The Balaban J connectivity index is 1.62. The van der Waals surface area contributed by atoms with Crippen LogP contribution in [0.1, 0.15) is 56.2 Å². The number of ether oxygens (including phenoxy) is 1. The Labute approximate surface area is 213 Å². The Morgan fingerprint density at radius 3 is 2.56 bits per heavy atom. The highest BCUT2D eigenvalue weighted by atomic mass is 32.1. The molecule has 6 nitrogen and oxygen atoms in total. The maximum absolute atomic E-state index is 17.3. The molecule has 36 heavy (non-hydrogen) atoms. The zero-order valence-corrected chi connectivity index (χ0v) is 21.5. The number of rotatable bonds is 3. The fourth-order valence-corrected chi connectivity index (χ4v) is 8.56. The quantitative estimate of drug-likeness (QED) is 0.450. The smallest absolute Gasteiger partial charge is 0.342 e. The summed E-state index contributed by atoms with van der Waals surface area (Å²) in [4.78, 5) is 38.4. The van der Waals surface area contributed by atoms with Gasteiger partial charge < -0.3 is 14.3 Å². The third-order valence-corrected chi connectivity index (χ3v) is 10.2. The summed E-state index contributed by atoms with van der Waals surface area (Å²) >= 11 is 4.15. The molecule has 3 saturated carbocycles. The van der Waals surface area contributed by atoms with Crippen molar-refractivity contribution >= 4 is 29.5 Å². The number of hydrogen-bond donors (Lipinski definition) is 2. The Bertz CT molecular complexity index is 1220. The number of carbonyl (C=O) groups is 3. The van der Waals surface area contributed by atoms with Crippen molar-refractivity contribution in [2.24, 2.45) is 28.6 Å². The second-order valence-corrected chi connectivity index (χ2v) is 11.7. The van der Waals surface area contributed by atoms with Gasteiger partial charge in [0.2, 0.25) is 5.12 Å². The first-order chi connectivity index (χ1) is 16.7. The number of aliphatic hydroxyl groups excluding tert-OH is 1. The van der Waals surface area contributed by atoms with E-state index in [2.05, 4.69) is 12.6 Å². The van der Waals surface area contributed by atoms with E-state index in [1.807, 2.05) is 0 Å². The predicted octanol–water partition coefficient (Wildman–Crippen LogP) is 4.50. The summed E-state index contributed by atoms with van der Waals surface area (Å²) in [5.74, 6) is -3.04. The molecule has 5 rings (SSSR count). The van der Waals surface area contributed by atoms with Gasteiger partial charge in [-0.1, -0.05) is 19.9 Å². The number of furan rings is 1. The minimum Gasteiger partial charge on any atom is -0.469 e. The first-order valence-corrected chi connectivity index (χ1v) is 12.7. The highest BCUT2D eigenvalue weighted by Crippen LogP contribution is 2.71. The number of aliphatic hydroxyl groups is 1. The molecule has 1 N–H and O–H groups in total. The van der Waals surface area contributed by atoms with Gasteiger partial charge in [-0.25, -0.2) is 13.6 Å². The normalized spacial score (nSPS) is 45.4. The molecule has 9 heteroatoms. The summed E-state index contributed by atoms with van der Waals surface area (Å²) < 4.78 is 44.1. The number of halogens is 2. The van der Waals surface area contributed by atoms with Crippen LogP contribution in [0, 0.1) is 35.5 Å². The average Bonchev–Trinajstić information content (AvgIpc) is 3.32. The van der Waals surface area contributed by atoms with Crippen LogP contribution in [0.3, 0.4) is 0 Å². The molecule has 4 aliphatic carbocycles.